The van der Waals surface area contributed by atoms with Crippen LogP contribution in [0.15, 0.2) is 18.2 Å². The standard InChI is InChI=1S/C14H21FN2O.ClH/c1-3-13(17-8-6-16-7-9-17)12-5-4-11(15)10-14(12)18-2;/h4-5,10,13,16H,3,6-9H2,1-2H3;1H/t13-;/m1./s1. The van der Waals surface area contributed by atoms with E-state index in [0.29, 0.717) is 11.8 Å². The zero-order valence-electron chi connectivity index (χ0n) is 11.5. The van der Waals surface area contributed by atoms with E-state index in [-0.39, 0.29) is 18.2 Å². The molecule has 1 aromatic rings. The van der Waals surface area contributed by atoms with Gasteiger partial charge in [-0.1, -0.05) is 13.0 Å². The largest absolute Gasteiger partial charge is 0.496 e. The minimum atomic E-state index is -0.245. The van der Waals surface area contributed by atoms with Gasteiger partial charge in [-0.25, -0.2) is 4.39 Å². The molecule has 1 aliphatic heterocycles. The molecule has 1 aromatic carbocycles. The number of methoxy groups -OCH3 is 1. The van der Waals surface area contributed by atoms with E-state index in [1.165, 1.54) is 12.1 Å². The molecule has 1 aliphatic rings. The molecule has 0 unspecified atom stereocenters. The van der Waals surface area contributed by atoms with Gasteiger partial charge in [-0.2, -0.15) is 0 Å². The summed E-state index contributed by atoms with van der Waals surface area (Å²) in [6.45, 7) is 6.24. The molecule has 5 heteroatoms. The minimum absolute atomic E-state index is 0. The average molecular weight is 289 g/mol. The number of rotatable bonds is 4. The van der Waals surface area contributed by atoms with Gasteiger partial charge in [-0.15, -0.1) is 12.4 Å². The van der Waals surface area contributed by atoms with E-state index in [1.54, 1.807) is 7.11 Å². The molecule has 0 spiro atoms. The van der Waals surface area contributed by atoms with Crippen LogP contribution < -0.4 is 10.1 Å². The van der Waals surface area contributed by atoms with Crippen LogP contribution in [-0.2, 0) is 0 Å². The maximum absolute atomic E-state index is 13.2. The molecule has 0 saturated carbocycles. The van der Waals surface area contributed by atoms with Crippen LogP contribution in [0.5, 0.6) is 5.75 Å². The fourth-order valence-corrected chi connectivity index (χ4v) is 2.63. The van der Waals surface area contributed by atoms with Crippen molar-refractivity contribution in [2.45, 2.75) is 19.4 Å². The van der Waals surface area contributed by atoms with Gasteiger partial charge in [-0.3, -0.25) is 4.90 Å². The maximum atomic E-state index is 13.2. The van der Waals surface area contributed by atoms with Gasteiger partial charge in [0.15, 0.2) is 0 Å². The highest BCUT2D eigenvalue weighted by molar-refractivity contribution is 5.85. The summed E-state index contributed by atoms with van der Waals surface area (Å²) in [5.41, 5.74) is 1.09. The Labute approximate surface area is 120 Å². The van der Waals surface area contributed by atoms with Gasteiger partial charge >= 0.3 is 0 Å². The van der Waals surface area contributed by atoms with Gasteiger partial charge in [0.25, 0.3) is 0 Å². The molecule has 0 radical (unpaired) electrons. The van der Waals surface area contributed by atoms with Crippen LogP contribution in [0.4, 0.5) is 4.39 Å². The van der Waals surface area contributed by atoms with E-state index < -0.39 is 0 Å². The summed E-state index contributed by atoms with van der Waals surface area (Å²) in [5, 5.41) is 3.35. The molecule has 2 rings (SSSR count). The van der Waals surface area contributed by atoms with Crippen LogP contribution in [0.1, 0.15) is 24.9 Å². The second-order valence-corrected chi connectivity index (χ2v) is 4.60. The number of hydrogen-bond donors (Lipinski definition) is 1. The van der Waals surface area contributed by atoms with Crippen molar-refractivity contribution >= 4 is 12.4 Å². The molecular formula is C14H22ClFN2O. The number of nitrogens with zero attached hydrogens (tertiary/aromatic N) is 1. The Morgan fingerprint density at radius 1 is 1.37 bits per heavy atom. The molecule has 1 fully saturated rings. The first-order chi connectivity index (χ1) is 8.76. The molecule has 1 atom stereocenters. The van der Waals surface area contributed by atoms with E-state index in [9.17, 15) is 4.39 Å². The summed E-state index contributed by atoms with van der Waals surface area (Å²) in [7, 11) is 1.60. The molecule has 3 nitrogen and oxygen atoms in total. The summed E-state index contributed by atoms with van der Waals surface area (Å²) in [4.78, 5) is 2.44. The third kappa shape index (κ3) is 3.81. The van der Waals surface area contributed by atoms with Crippen molar-refractivity contribution in [1.82, 2.24) is 10.2 Å². The molecule has 0 aliphatic carbocycles. The van der Waals surface area contributed by atoms with Crippen molar-refractivity contribution in [2.75, 3.05) is 33.3 Å². The maximum Gasteiger partial charge on any atom is 0.126 e. The first-order valence-electron chi connectivity index (χ1n) is 6.54. The summed E-state index contributed by atoms with van der Waals surface area (Å²) < 4.78 is 18.6. The number of nitrogens with one attached hydrogen (secondary N) is 1. The smallest absolute Gasteiger partial charge is 0.126 e. The first-order valence-corrected chi connectivity index (χ1v) is 6.54. The minimum Gasteiger partial charge on any atom is -0.496 e. The van der Waals surface area contributed by atoms with Gasteiger partial charge in [0, 0.05) is 43.9 Å². The first kappa shape index (κ1) is 16.2. The van der Waals surface area contributed by atoms with Crippen molar-refractivity contribution in [3.63, 3.8) is 0 Å². The highest BCUT2D eigenvalue weighted by Crippen LogP contribution is 2.32. The van der Waals surface area contributed by atoms with Gasteiger partial charge in [-0.05, 0) is 12.5 Å². The van der Waals surface area contributed by atoms with Crippen LogP contribution in [0, 0.1) is 5.82 Å². The van der Waals surface area contributed by atoms with Crippen molar-refractivity contribution in [2.24, 2.45) is 0 Å². The van der Waals surface area contributed by atoms with Crippen molar-refractivity contribution in [1.29, 1.82) is 0 Å². The van der Waals surface area contributed by atoms with Crippen LogP contribution in [0.3, 0.4) is 0 Å². The molecular weight excluding hydrogens is 267 g/mol. The van der Waals surface area contributed by atoms with Crippen LogP contribution in [-0.4, -0.2) is 38.2 Å². The predicted octanol–water partition coefficient (Wildman–Crippen LogP) is 2.61. The van der Waals surface area contributed by atoms with Gasteiger partial charge in [0.2, 0.25) is 0 Å². The number of hydrogen-bond acceptors (Lipinski definition) is 3. The highest BCUT2D eigenvalue weighted by Gasteiger charge is 2.23. The quantitative estimate of drug-likeness (QED) is 0.922. The molecule has 1 N–H and O–H groups in total. The Bertz CT molecular complexity index is 397. The molecule has 0 amide bonds. The predicted molar refractivity (Wildman–Crippen MR) is 77.7 cm³/mol. The molecule has 1 heterocycles. The average Bonchev–Trinajstić information content (AvgIpc) is 2.42. The Hall–Kier alpha value is -0.840. The lowest BCUT2D eigenvalue weighted by atomic mass is 10.0. The lowest BCUT2D eigenvalue weighted by molar-refractivity contribution is 0.166. The number of ether oxygens (including phenoxy) is 1. The van der Waals surface area contributed by atoms with Crippen LogP contribution in [0.2, 0.25) is 0 Å². The Morgan fingerprint density at radius 3 is 2.63 bits per heavy atom. The second-order valence-electron chi connectivity index (χ2n) is 4.60. The summed E-state index contributed by atoms with van der Waals surface area (Å²) >= 11 is 0. The zero-order valence-corrected chi connectivity index (χ0v) is 12.3. The van der Waals surface area contributed by atoms with Crippen LogP contribution in [0.25, 0.3) is 0 Å². The summed E-state index contributed by atoms with van der Waals surface area (Å²) in [6.07, 6.45) is 1.00. The normalized spacial score (nSPS) is 17.6. The van der Waals surface area contributed by atoms with E-state index in [4.69, 9.17) is 4.74 Å². The van der Waals surface area contributed by atoms with Gasteiger partial charge < -0.3 is 10.1 Å². The highest BCUT2D eigenvalue weighted by atomic mass is 35.5. The zero-order chi connectivity index (χ0) is 13.0. The Morgan fingerprint density at radius 2 is 2.05 bits per heavy atom. The number of benzene rings is 1. The summed E-state index contributed by atoms with van der Waals surface area (Å²) in [6, 6.07) is 5.15. The van der Waals surface area contributed by atoms with E-state index in [0.717, 1.165) is 38.2 Å². The molecule has 0 aromatic heterocycles. The number of halogens is 2. The molecule has 19 heavy (non-hydrogen) atoms. The Balaban J connectivity index is 0.00000180. The van der Waals surface area contributed by atoms with Gasteiger partial charge in [0.05, 0.1) is 7.11 Å². The third-order valence-electron chi connectivity index (χ3n) is 3.53. The van der Waals surface area contributed by atoms with E-state index in [2.05, 4.69) is 17.1 Å². The number of piperazine rings is 1. The third-order valence-corrected chi connectivity index (χ3v) is 3.53. The second kappa shape index (κ2) is 7.68. The van der Waals surface area contributed by atoms with Gasteiger partial charge in [0.1, 0.15) is 11.6 Å². The monoisotopic (exact) mass is 288 g/mol. The summed E-state index contributed by atoms with van der Waals surface area (Å²) in [5.74, 6) is 0.408. The van der Waals surface area contributed by atoms with E-state index in [1.807, 2.05) is 6.07 Å². The van der Waals surface area contributed by atoms with Crippen molar-refractivity contribution in [3.05, 3.63) is 29.6 Å². The molecule has 108 valence electrons. The molecule has 1 saturated heterocycles. The van der Waals surface area contributed by atoms with E-state index >= 15 is 0 Å². The SMILES string of the molecule is CC[C@H](c1ccc(F)cc1OC)N1CCNCC1.Cl. The topological polar surface area (TPSA) is 24.5 Å². The fraction of sp³-hybridized carbons (Fsp3) is 0.571. The lowest BCUT2D eigenvalue weighted by Gasteiger charge is -2.35. The van der Waals surface area contributed by atoms with Crippen LogP contribution >= 0.6 is 12.4 Å². The fourth-order valence-electron chi connectivity index (χ4n) is 2.63. The van der Waals surface area contributed by atoms with Crippen molar-refractivity contribution < 1.29 is 9.13 Å². The van der Waals surface area contributed by atoms with Crippen molar-refractivity contribution in [3.8, 4) is 5.75 Å². The lowest BCUT2D eigenvalue weighted by Crippen LogP contribution is -2.45. The molecule has 0 bridgehead atoms. The Kier molecular flexibility index (Phi) is 6.55.